The van der Waals surface area contributed by atoms with Gasteiger partial charge in [0.15, 0.2) is 0 Å². The fraction of sp³-hybridized carbons (Fsp3) is 0.154. The van der Waals surface area contributed by atoms with E-state index in [0.717, 1.165) is 34.5 Å². The van der Waals surface area contributed by atoms with E-state index in [1.165, 1.54) is 0 Å². The van der Waals surface area contributed by atoms with Crippen molar-refractivity contribution in [2.45, 2.75) is 19.9 Å². The number of benzene rings is 3. The summed E-state index contributed by atoms with van der Waals surface area (Å²) in [7, 11) is 1.64. The number of carbonyl (C=O) groups excluding carboxylic acids is 1. The first-order valence-corrected chi connectivity index (χ1v) is 10.7. The third-order valence-electron chi connectivity index (χ3n) is 5.50. The van der Waals surface area contributed by atoms with E-state index < -0.39 is 0 Å². The fourth-order valence-corrected chi connectivity index (χ4v) is 4.01. The molecular formula is C26H22ClN3O2. The van der Waals surface area contributed by atoms with Crippen molar-refractivity contribution in [2.75, 3.05) is 12.4 Å². The van der Waals surface area contributed by atoms with Crippen molar-refractivity contribution in [3.63, 3.8) is 0 Å². The molecule has 0 aliphatic carbocycles. The first-order valence-electron chi connectivity index (χ1n) is 10.3. The fourth-order valence-electron chi connectivity index (χ4n) is 3.88. The number of methoxy groups -OCH3 is 1. The van der Waals surface area contributed by atoms with Gasteiger partial charge in [0.1, 0.15) is 11.8 Å². The number of nitrogens with one attached hydrogen (secondary N) is 1. The second-order valence-electron chi connectivity index (χ2n) is 7.40. The minimum atomic E-state index is -0.189. The highest BCUT2D eigenvalue weighted by atomic mass is 35.5. The Hall–Kier alpha value is -3.75. The molecule has 0 radical (unpaired) electrons. The standard InChI is InChI=1S/C26H22ClN3O2/c1-3-30-24(23(16-28)22-13-12-21(32-2)15-25(22)30)14-17-4-6-18(7-5-17)26(31)29-20-10-8-19(27)9-11-20/h4-13,15H,3,14H2,1-2H3,(H,29,31). The average molecular weight is 444 g/mol. The zero-order chi connectivity index (χ0) is 22.7. The summed E-state index contributed by atoms with van der Waals surface area (Å²) in [6, 6.07) is 22.6. The van der Waals surface area contributed by atoms with Crippen LogP contribution in [-0.4, -0.2) is 17.6 Å². The third-order valence-corrected chi connectivity index (χ3v) is 5.75. The number of amides is 1. The topological polar surface area (TPSA) is 67.0 Å². The number of halogens is 1. The SMILES string of the molecule is CCn1c(Cc2ccc(C(=O)Nc3ccc(Cl)cc3)cc2)c(C#N)c2ccc(OC)cc21. The summed E-state index contributed by atoms with van der Waals surface area (Å²) in [5.74, 6) is 0.572. The summed E-state index contributed by atoms with van der Waals surface area (Å²) in [6.45, 7) is 2.80. The predicted octanol–water partition coefficient (Wildman–Crippen LogP) is 6.04. The van der Waals surface area contributed by atoms with Crippen LogP contribution in [0.4, 0.5) is 5.69 Å². The number of anilines is 1. The van der Waals surface area contributed by atoms with Gasteiger partial charge >= 0.3 is 0 Å². The number of nitrogens with zero attached hydrogens (tertiary/aromatic N) is 2. The van der Waals surface area contributed by atoms with E-state index in [0.29, 0.717) is 28.3 Å². The van der Waals surface area contributed by atoms with E-state index >= 15 is 0 Å². The van der Waals surface area contributed by atoms with Gasteiger partial charge in [-0.1, -0.05) is 23.7 Å². The first kappa shape index (κ1) is 21.5. The molecule has 160 valence electrons. The maximum atomic E-state index is 12.5. The van der Waals surface area contributed by atoms with Gasteiger partial charge in [-0.3, -0.25) is 4.79 Å². The molecule has 0 saturated heterocycles. The van der Waals surface area contributed by atoms with Gasteiger partial charge in [0, 0.05) is 46.4 Å². The molecule has 32 heavy (non-hydrogen) atoms. The summed E-state index contributed by atoms with van der Waals surface area (Å²) >= 11 is 5.89. The molecule has 0 spiro atoms. The minimum absolute atomic E-state index is 0.189. The Morgan fingerprint density at radius 3 is 2.44 bits per heavy atom. The molecular weight excluding hydrogens is 422 g/mol. The lowest BCUT2D eigenvalue weighted by Crippen LogP contribution is -2.11. The second-order valence-corrected chi connectivity index (χ2v) is 7.83. The van der Waals surface area contributed by atoms with E-state index in [1.807, 2.05) is 30.3 Å². The van der Waals surface area contributed by atoms with Crippen LogP contribution in [0, 0.1) is 11.3 Å². The Labute approximate surface area is 191 Å². The van der Waals surface area contributed by atoms with Gasteiger partial charge in [0.2, 0.25) is 0 Å². The van der Waals surface area contributed by atoms with E-state index in [4.69, 9.17) is 16.3 Å². The molecule has 0 atom stereocenters. The molecule has 0 aliphatic heterocycles. The average Bonchev–Trinajstić information content (AvgIpc) is 3.12. The number of nitriles is 1. The monoisotopic (exact) mass is 443 g/mol. The molecule has 4 aromatic rings. The summed E-state index contributed by atoms with van der Waals surface area (Å²) in [6.07, 6.45) is 0.590. The summed E-state index contributed by atoms with van der Waals surface area (Å²) in [5.41, 5.74) is 4.88. The number of hydrogen-bond acceptors (Lipinski definition) is 3. The molecule has 6 heteroatoms. The largest absolute Gasteiger partial charge is 0.497 e. The van der Waals surface area contributed by atoms with Gasteiger partial charge in [0.25, 0.3) is 5.91 Å². The lowest BCUT2D eigenvalue weighted by atomic mass is 10.0. The number of hydrogen-bond donors (Lipinski definition) is 1. The van der Waals surface area contributed by atoms with E-state index in [1.54, 1.807) is 43.5 Å². The molecule has 0 unspecified atom stereocenters. The number of fused-ring (bicyclic) bond motifs is 1. The van der Waals surface area contributed by atoms with E-state index in [-0.39, 0.29) is 5.91 Å². The molecule has 4 rings (SSSR count). The van der Waals surface area contributed by atoms with Crippen LogP contribution in [0.15, 0.2) is 66.7 Å². The number of carbonyl (C=O) groups is 1. The van der Waals surface area contributed by atoms with Crippen molar-refractivity contribution in [3.8, 4) is 11.8 Å². The van der Waals surface area contributed by atoms with Gasteiger partial charge in [-0.05, 0) is 61.0 Å². The Kier molecular flexibility index (Phi) is 6.16. The lowest BCUT2D eigenvalue weighted by molar-refractivity contribution is 0.102. The second kappa shape index (κ2) is 9.17. The van der Waals surface area contributed by atoms with Crippen LogP contribution >= 0.6 is 11.6 Å². The number of rotatable bonds is 6. The van der Waals surface area contributed by atoms with E-state index in [9.17, 15) is 10.1 Å². The Bertz CT molecular complexity index is 1320. The minimum Gasteiger partial charge on any atom is -0.497 e. The highest BCUT2D eigenvalue weighted by molar-refractivity contribution is 6.30. The van der Waals surface area contributed by atoms with Crippen LogP contribution in [0.5, 0.6) is 5.75 Å². The quantitative estimate of drug-likeness (QED) is 0.395. The molecule has 1 N–H and O–H groups in total. The zero-order valence-corrected chi connectivity index (χ0v) is 18.6. The maximum absolute atomic E-state index is 12.5. The molecule has 0 saturated carbocycles. The number of aromatic nitrogens is 1. The van der Waals surface area contributed by atoms with Crippen molar-refractivity contribution >= 4 is 34.1 Å². The molecule has 1 heterocycles. The van der Waals surface area contributed by atoms with Gasteiger partial charge in [-0.25, -0.2) is 0 Å². The smallest absolute Gasteiger partial charge is 0.255 e. The van der Waals surface area contributed by atoms with Gasteiger partial charge in [-0.2, -0.15) is 5.26 Å². The van der Waals surface area contributed by atoms with Crippen LogP contribution in [0.2, 0.25) is 5.02 Å². The van der Waals surface area contributed by atoms with Crippen LogP contribution in [0.25, 0.3) is 10.9 Å². The Balaban J connectivity index is 1.60. The summed E-state index contributed by atoms with van der Waals surface area (Å²) in [5, 5.41) is 14.2. The zero-order valence-electron chi connectivity index (χ0n) is 17.9. The molecule has 1 aromatic heterocycles. The summed E-state index contributed by atoms with van der Waals surface area (Å²) in [4.78, 5) is 12.5. The predicted molar refractivity (Wildman–Crippen MR) is 128 cm³/mol. The molecule has 3 aromatic carbocycles. The first-order chi connectivity index (χ1) is 15.5. The number of ether oxygens (including phenoxy) is 1. The van der Waals surface area contributed by atoms with Crippen molar-refractivity contribution in [3.05, 3.63) is 94.1 Å². The van der Waals surface area contributed by atoms with Crippen LogP contribution in [-0.2, 0) is 13.0 Å². The number of aryl methyl sites for hydroxylation is 1. The third kappa shape index (κ3) is 4.18. The van der Waals surface area contributed by atoms with Gasteiger partial charge in [-0.15, -0.1) is 0 Å². The lowest BCUT2D eigenvalue weighted by Gasteiger charge is -2.10. The molecule has 1 amide bonds. The highest BCUT2D eigenvalue weighted by Crippen LogP contribution is 2.30. The molecule has 0 bridgehead atoms. The Morgan fingerprint density at radius 1 is 1.09 bits per heavy atom. The van der Waals surface area contributed by atoms with Crippen molar-refractivity contribution in [1.82, 2.24) is 4.57 Å². The highest BCUT2D eigenvalue weighted by Gasteiger charge is 2.17. The van der Waals surface area contributed by atoms with Crippen molar-refractivity contribution in [2.24, 2.45) is 0 Å². The van der Waals surface area contributed by atoms with Crippen LogP contribution in [0.1, 0.15) is 34.1 Å². The normalized spacial score (nSPS) is 10.7. The maximum Gasteiger partial charge on any atom is 0.255 e. The van der Waals surface area contributed by atoms with Crippen molar-refractivity contribution < 1.29 is 9.53 Å². The van der Waals surface area contributed by atoms with Crippen LogP contribution in [0.3, 0.4) is 0 Å². The van der Waals surface area contributed by atoms with Gasteiger partial charge < -0.3 is 14.6 Å². The van der Waals surface area contributed by atoms with Crippen LogP contribution < -0.4 is 10.1 Å². The molecule has 0 aliphatic rings. The summed E-state index contributed by atoms with van der Waals surface area (Å²) < 4.78 is 7.52. The Morgan fingerprint density at radius 2 is 1.81 bits per heavy atom. The molecule has 0 fully saturated rings. The van der Waals surface area contributed by atoms with Crippen molar-refractivity contribution in [1.29, 1.82) is 5.26 Å². The van der Waals surface area contributed by atoms with E-state index in [2.05, 4.69) is 22.9 Å². The van der Waals surface area contributed by atoms with Gasteiger partial charge in [0.05, 0.1) is 18.2 Å². The molecule has 5 nitrogen and oxygen atoms in total.